The van der Waals surface area contributed by atoms with Gasteiger partial charge in [0.2, 0.25) is 0 Å². The molecule has 29 heavy (non-hydrogen) atoms. The van der Waals surface area contributed by atoms with Crippen molar-refractivity contribution in [1.29, 1.82) is 0 Å². The fourth-order valence-corrected chi connectivity index (χ4v) is 4.29. The molecule has 1 atom stereocenters. The highest BCUT2D eigenvalue weighted by atomic mass is 16.5. The van der Waals surface area contributed by atoms with Gasteiger partial charge in [0, 0.05) is 64.8 Å². The number of ether oxygens (including phenoxy) is 1. The average Bonchev–Trinajstić information content (AvgIpc) is 3.39. The van der Waals surface area contributed by atoms with E-state index in [0.29, 0.717) is 6.04 Å². The van der Waals surface area contributed by atoms with E-state index in [9.17, 15) is 0 Å². The molecular formula is C22H32N6O. The first-order chi connectivity index (χ1) is 14.2. The third kappa shape index (κ3) is 4.97. The molecule has 0 aliphatic carbocycles. The zero-order valence-corrected chi connectivity index (χ0v) is 17.5. The first-order valence-electron chi connectivity index (χ1n) is 10.6. The van der Waals surface area contributed by atoms with Crippen molar-refractivity contribution in [3.8, 4) is 0 Å². The average molecular weight is 397 g/mol. The van der Waals surface area contributed by atoms with Gasteiger partial charge in [-0.05, 0) is 24.5 Å². The molecule has 2 fully saturated rings. The lowest BCUT2D eigenvalue weighted by molar-refractivity contribution is 0.0195. The van der Waals surface area contributed by atoms with Crippen molar-refractivity contribution >= 4 is 5.96 Å². The van der Waals surface area contributed by atoms with Crippen molar-refractivity contribution in [1.82, 2.24) is 24.7 Å². The normalized spacial score (nSPS) is 21.0. The van der Waals surface area contributed by atoms with Crippen molar-refractivity contribution in [3.05, 3.63) is 53.6 Å². The summed E-state index contributed by atoms with van der Waals surface area (Å²) in [5.74, 6) is 2.04. The summed E-state index contributed by atoms with van der Waals surface area (Å²) < 4.78 is 7.66. The lowest BCUT2D eigenvalue weighted by Crippen LogP contribution is -2.46. The number of hydrogen-bond acceptors (Lipinski definition) is 4. The van der Waals surface area contributed by atoms with Crippen molar-refractivity contribution in [2.24, 2.45) is 4.99 Å². The van der Waals surface area contributed by atoms with Crippen LogP contribution in [0.2, 0.25) is 0 Å². The predicted molar refractivity (Wildman–Crippen MR) is 115 cm³/mol. The number of nitrogens with zero attached hydrogens (tertiary/aromatic N) is 5. The highest BCUT2D eigenvalue weighted by Crippen LogP contribution is 2.17. The van der Waals surface area contributed by atoms with E-state index >= 15 is 0 Å². The van der Waals surface area contributed by atoms with Crippen LogP contribution >= 0.6 is 0 Å². The Hall–Kier alpha value is -2.38. The summed E-state index contributed by atoms with van der Waals surface area (Å²) >= 11 is 0. The minimum atomic E-state index is 0.610. The first-order valence-corrected chi connectivity index (χ1v) is 10.6. The molecule has 1 unspecified atom stereocenters. The maximum Gasteiger partial charge on any atom is 0.193 e. The van der Waals surface area contributed by atoms with Crippen LogP contribution in [0.3, 0.4) is 0 Å². The molecule has 0 spiro atoms. The molecule has 0 radical (unpaired) electrons. The van der Waals surface area contributed by atoms with Crippen LogP contribution in [0.5, 0.6) is 0 Å². The monoisotopic (exact) mass is 396 g/mol. The molecule has 0 saturated carbocycles. The van der Waals surface area contributed by atoms with Crippen LogP contribution in [0, 0.1) is 6.92 Å². The second kappa shape index (κ2) is 9.41. The van der Waals surface area contributed by atoms with Gasteiger partial charge in [-0.25, -0.2) is 4.98 Å². The maximum absolute atomic E-state index is 5.49. The number of aromatic nitrogens is 2. The molecule has 2 aliphatic rings. The SMILES string of the molecule is CN=C(NCc1cccc(Cn2ccnc2C)c1)N1CCC(N2CCOCC2)C1. The van der Waals surface area contributed by atoms with Gasteiger partial charge in [0.25, 0.3) is 0 Å². The number of morpholine rings is 1. The Bertz CT molecular complexity index is 826. The van der Waals surface area contributed by atoms with E-state index in [-0.39, 0.29) is 0 Å². The van der Waals surface area contributed by atoms with Gasteiger partial charge in [-0.1, -0.05) is 24.3 Å². The zero-order chi connectivity index (χ0) is 20.1. The standard InChI is InChI=1S/C22H32N6O/c1-18-24-7-9-27(18)16-20-5-3-4-19(14-20)15-25-22(23-2)28-8-6-21(17-28)26-10-12-29-13-11-26/h3-5,7,9,14,21H,6,8,10-13,15-17H2,1-2H3,(H,23,25). The molecule has 156 valence electrons. The van der Waals surface area contributed by atoms with Gasteiger partial charge in [-0.3, -0.25) is 9.89 Å². The maximum atomic E-state index is 5.49. The fraction of sp³-hybridized carbons (Fsp3) is 0.545. The van der Waals surface area contributed by atoms with E-state index in [1.54, 1.807) is 0 Å². The van der Waals surface area contributed by atoms with Crippen LogP contribution in [-0.2, 0) is 17.8 Å². The Morgan fingerprint density at radius 3 is 2.83 bits per heavy atom. The Balaban J connectivity index is 1.32. The molecule has 1 N–H and O–H groups in total. The lowest BCUT2D eigenvalue weighted by atomic mass is 10.1. The topological polar surface area (TPSA) is 57.9 Å². The molecule has 0 amide bonds. The molecule has 0 bridgehead atoms. The second-order valence-electron chi connectivity index (χ2n) is 7.86. The van der Waals surface area contributed by atoms with Crippen molar-refractivity contribution < 1.29 is 4.74 Å². The molecular weight excluding hydrogens is 364 g/mol. The molecule has 2 saturated heterocycles. The zero-order valence-electron chi connectivity index (χ0n) is 17.5. The lowest BCUT2D eigenvalue weighted by Gasteiger charge is -2.32. The van der Waals surface area contributed by atoms with Gasteiger partial charge >= 0.3 is 0 Å². The molecule has 4 rings (SSSR count). The van der Waals surface area contributed by atoms with Gasteiger partial charge in [0.1, 0.15) is 5.82 Å². The summed E-state index contributed by atoms with van der Waals surface area (Å²) in [5.41, 5.74) is 2.55. The minimum absolute atomic E-state index is 0.610. The summed E-state index contributed by atoms with van der Waals surface area (Å²) in [5, 5.41) is 3.56. The fourth-order valence-electron chi connectivity index (χ4n) is 4.29. The Morgan fingerprint density at radius 2 is 2.07 bits per heavy atom. The Labute approximate surface area is 173 Å². The summed E-state index contributed by atoms with van der Waals surface area (Å²) in [6.45, 7) is 9.58. The van der Waals surface area contributed by atoms with E-state index in [1.165, 1.54) is 17.5 Å². The van der Waals surface area contributed by atoms with Crippen molar-refractivity contribution in [3.63, 3.8) is 0 Å². The third-order valence-electron chi connectivity index (χ3n) is 5.96. The van der Waals surface area contributed by atoms with E-state index in [0.717, 1.165) is 64.3 Å². The second-order valence-corrected chi connectivity index (χ2v) is 7.86. The minimum Gasteiger partial charge on any atom is -0.379 e. The van der Waals surface area contributed by atoms with Crippen LogP contribution in [0.1, 0.15) is 23.4 Å². The van der Waals surface area contributed by atoms with Gasteiger partial charge in [-0.2, -0.15) is 0 Å². The number of likely N-dealkylation sites (tertiary alicyclic amines) is 1. The number of guanidine groups is 1. The molecule has 1 aromatic heterocycles. The van der Waals surface area contributed by atoms with E-state index in [1.807, 2.05) is 26.4 Å². The third-order valence-corrected chi connectivity index (χ3v) is 5.96. The number of hydrogen-bond donors (Lipinski definition) is 1. The van der Waals surface area contributed by atoms with Gasteiger partial charge in [-0.15, -0.1) is 0 Å². The number of aliphatic imine (C=N–C) groups is 1. The highest BCUT2D eigenvalue weighted by molar-refractivity contribution is 5.80. The van der Waals surface area contributed by atoms with Crippen LogP contribution in [-0.4, -0.2) is 77.8 Å². The van der Waals surface area contributed by atoms with Crippen molar-refractivity contribution in [2.75, 3.05) is 46.4 Å². The summed E-state index contributed by atoms with van der Waals surface area (Å²) in [6.07, 6.45) is 5.08. The molecule has 7 nitrogen and oxygen atoms in total. The summed E-state index contributed by atoms with van der Waals surface area (Å²) in [4.78, 5) is 13.8. The van der Waals surface area contributed by atoms with E-state index in [2.05, 4.69) is 53.9 Å². The highest BCUT2D eigenvalue weighted by Gasteiger charge is 2.30. The smallest absolute Gasteiger partial charge is 0.193 e. The first kappa shape index (κ1) is 19.9. The largest absolute Gasteiger partial charge is 0.379 e. The molecule has 3 heterocycles. The number of benzene rings is 1. The van der Waals surface area contributed by atoms with Crippen LogP contribution in [0.4, 0.5) is 0 Å². The number of rotatable bonds is 5. The van der Waals surface area contributed by atoms with Crippen LogP contribution in [0.25, 0.3) is 0 Å². The summed E-state index contributed by atoms with van der Waals surface area (Å²) in [7, 11) is 1.88. The molecule has 2 aromatic rings. The molecule has 7 heteroatoms. The van der Waals surface area contributed by atoms with Gasteiger partial charge in [0.05, 0.1) is 13.2 Å². The number of aryl methyl sites for hydroxylation is 1. The molecule has 2 aliphatic heterocycles. The Morgan fingerprint density at radius 1 is 1.24 bits per heavy atom. The number of nitrogens with one attached hydrogen (secondary N) is 1. The summed E-state index contributed by atoms with van der Waals surface area (Å²) in [6, 6.07) is 9.35. The number of imidazole rings is 1. The molecule has 1 aromatic carbocycles. The van der Waals surface area contributed by atoms with Gasteiger partial charge in [0.15, 0.2) is 5.96 Å². The van der Waals surface area contributed by atoms with E-state index in [4.69, 9.17) is 4.74 Å². The Kier molecular flexibility index (Phi) is 6.46. The van der Waals surface area contributed by atoms with Crippen LogP contribution in [0.15, 0.2) is 41.7 Å². The van der Waals surface area contributed by atoms with Crippen LogP contribution < -0.4 is 5.32 Å². The van der Waals surface area contributed by atoms with E-state index < -0.39 is 0 Å². The quantitative estimate of drug-likeness (QED) is 0.616. The predicted octanol–water partition coefficient (Wildman–Crippen LogP) is 1.72. The van der Waals surface area contributed by atoms with Crippen molar-refractivity contribution in [2.45, 2.75) is 32.5 Å². The van der Waals surface area contributed by atoms with Gasteiger partial charge < -0.3 is 19.5 Å².